The van der Waals surface area contributed by atoms with E-state index in [4.69, 9.17) is 23.2 Å². The van der Waals surface area contributed by atoms with Crippen molar-refractivity contribution in [1.82, 2.24) is 9.29 Å². The third kappa shape index (κ3) is 4.52. The number of carbonyl (C=O) groups is 1. The van der Waals surface area contributed by atoms with Crippen LogP contribution < -0.4 is 5.32 Å². The molecule has 28 heavy (non-hydrogen) atoms. The van der Waals surface area contributed by atoms with E-state index >= 15 is 0 Å². The molecule has 3 rings (SSSR count). The van der Waals surface area contributed by atoms with Crippen LogP contribution in [0.1, 0.15) is 38.3 Å². The Labute approximate surface area is 178 Å². The van der Waals surface area contributed by atoms with Gasteiger partial charge >= 0.3 is 0 Å². The Kier molecular flexibility index (Phi) is 6.66. The van der Waals surface area contributed by atoms with Gasteiger partial charge in [0, 0.05) is 24.4 Å². The number of piperidine rings is 1. The van der Waals surface area contributed by atoms with Crippen molar-refractivity contribution < 1.29 is 13.2 Å². The van der Waals surface area contributed by atoms with Gasteiger partial charge in [-0.1, -0.05) is 43.1 Å². The molecule has 1 amide bonds. The average molecular weight is 462 g/mol. The van der Waals surface area contributed by atoms with E-state index in [-0.39, 0.29) is 39.9 Å². The molecule has 1 N–H and O–H groups in total. The molecule has 6 nitrogen and oxygen atoms in total. The maximum absolute atomic E-state index is 12.9. The first kappa shape index (κ1) is 21.5. The lowest BCUT2D eigenvalue weighted by Gasteiger charge is -2.30. The van der Waals surface area contributed by atoms with Gasteiger partial charge in [0.15, 0.2) is 5.13 Å². The molecule has 152 valence electrons. The summed E-state index contributed by atoms with van der Waals surface area (Å²) >= 11 is 13.5. The molecule has 1 aliphatic rings. The number of benzene rings is 1. The maximum Gasteiger partial charge on any atom is 0.246 e. The van der Waals surface area contributed by atoms with Crippen LogP contribution in [0, 0.1) is 5.92 Å². The summed E-state index contributed by atoms with van der Waals surface area (Å²) in [5, 5.41) is 5.55. The van der Waals surface area contributed by atoms with E-state index in [0.717, 1.165) is 5.69 Å². The molecule has 0 radical (unpaired) electrons. The highest BCUT2D eigenvalue weighted by Crippen LogP contribution is 2.33. The van der Waals surface area contributed by atoms with Crippen LogP contribution in [0.5, 0.6) is 0 Å². The van der Waals surface area contributed by atoms with Crippen LogP contribution in [0.4, 0.5) is 5.13 Å². The van der Waals surface area contributed by atoms with Gasteiger partial charge in [-0.2, -0.15) is 4.31 Å². The Morgan fingerprint density at radius 2 is 1.86 bits per heavy atom. The van der Waals surface area contributed by atoms with Gasteiger partial charge in [0.1, 0.15) is 4.90 Å². The molecule has 0 unspecified atom stereocenters. The first-order valence-corrected chi connectivity index (χ1v) is 12.0. The standard InChI is InChI=1S/C18H21Cl2N3O3S2/c1-11(2)15-10-27-18(21-15)22-17(24)12-6-8-23(9-7-12)28(25,26)16-13(19)4-3-5-14(16)20/h3-5,10-12H,6-9H2,1-2H3,(H,21,22,24). The number of sulfonamides is 1. The van der Waals surface area contributed by atoms with Gasteiger partial charge < -0.3 is 5.32 Å². The monoisotopic (exact) mass is 461 g/mol. The first-order chi connectivity index (χ1) is 13.2. The van der Waals surface area contributed by atoms with Gasteiger partial charge in [-0.3, -0.25) is 4.79 Å². The second-order valence-electron chi connectivity index (χ2n) is 6.95. The summed E-state index contributed by atoms with van der Waals surface area (Å²) < 4.78 is 27.2. The molecule has 0 spiro atoms. The van der Waals surface area contributed by atoms with E-state index in [1.165, 1.54) is 27.8 Å². The third-order valence-corrected chi connectivity index (χ3v) is 8.32. The lowest BCUT2D eigenvalue weighted by Crippen LogP contribution is -2.41. The molecule has 1 aromatic heterocycles. The fourth-order valence-corrected chi connectivity index (χ4v) is 6.47. The summed E-state index contributed by atoms with van der Waals surface area (Å²) in [5.41, 5.74) is 0.942. The predicted molar refractivity (Wildman–Crippen MR) is 113 cm³/mol. The molecule has 1 fully saturated rings. The number of thiazole rings is 1. The van der Waals surface area contributed by atoms with Crippen molar-refractivity contribution >= 4 is 55.6 Å². The largest absolute Gasteiger partial charge is 0.302 e. The number of rotatable bonds is 5. The second-order valence-corrected chi connectivity index (χ2v) is 10.5. The van der Waals surface area contributed by atoms with Crippen molar-refractivity contribution in [3.05, 3.63) is 39.3 Å². The van der Waals surface area contributed by atoms with Gasteiger partial charge in [0.2, 0.25) is 15.9 Å². The average Bonchev–Trinajstić information content (AvgIpc) is 3.10. The highest BCUT2D eigenvalue weighted by Gasteiger charge is 2.34. The summed E-state index contributed by atoms with van der Waals surface area (Å²) in [6.07, 6.45) is 0.852. The molecule has 2 heterocycles. The zero-order valence-electron chi connectivity index (χ0n) is 15.5. The number of nitrogens with one attached hydrogen (secondary N) is 1. The lowest BCUT2D eigenvalue weighted by atomic mass is 9.97. The van der Waals surface area contributed by atoms with Crippen LogP contribution in [-0.2, 0) is 14.8 Å². The van der Waals surface area contributed by atoms with Crippen LogP contribution in [0.3, 0.4) is 0 Å². The molecular weight excluding hydrogens is 441 g/mol. The summed E-state index contributed by atoms with van der Waals surface area (Å²) in [6, 6.07) is 4.60. The number of aromatic nitrogens is 1. The second kappa shape index (κ2) is 8.67. The molecule has 2 aromatic rings. The molecular formula is C18H21Cl2N3O3S2. The normalized spacial score (nSPS) is 16.5. The Balaban J connectivity index is 1.64. The SMILES string of the molecule is CC(C)c1csc(NC(=O)C2CCN(S(=O)(=O)c3c(Cl)cccc3Cl)CC2)n1. The number of hydrogen-bond acceptors (Lipinski definition) is 5. The number of anilines is 1. The minimum atomic E-state index is -3.81. The Bertz CT molecular complexity index is 948. The van der Waals surface area contributed by atoms with Gasteiger partial charge in [0.25, 0.3) is 0 Å². The quantitative estimate of drug-likeness (QED) is 0.704. The summed E-state index contributed by atoms with van der Waals surface area (Å²) in [5.74, 6) is -0.0935. The Morgan fingerprint density at radius 1 is 1.25 bits per heavy atom. The van der Waals surface area contributed by atoms with Crippen LogP contribution in [-0.4, -0.2) is 36.7 Å². The van der Waals surface area contributed by atoms with Crippen LogP contribution in [0.15, 0.2) is 28.5 Å². The topological polar surface area (TPSA) is 79.4 Å². The van der Waals surface area contributed by atoms with Crippen molar-refractivity contribution in [3.8, 4) is 0 Å². The van der Waals surface area contributed by atoms with Crippen molar-refractivity contribution in [2.45, 2.75) is 37.5 Å². The van der Waals surface area contributed by atoms with E-state index < -0.39 is 10.0 Å². The first-order valence-electron chi connectivity index (χ1n) is 8.90. The molecule has 1 aliphatic heterocycles. The highest BCUT2D eigenvalue weighted by atomic mass is 35.5. The lowest BCUT2D eigenvalue weighted by molar-refractivity contribution is -0.120. The van der Waals surface area contributed by atoms with E-state index in [1.54, 1.807) is 6.07 Å². The number of carbonyl (C=O) groups excluding carboxylic acids is 1. The number of halogens is 2. The molecule has 0 saturated carbocycles. The van der Waals surface area contributed by atoms with Crippen LogP contribution in [0.2, 0.25) is 10.0 Å². The van der Waals surface area contributed by atoms with Gasteiger partial charge in [0.05, 0.1) is 15.7 Å². The van der Waals surface area contributed by atoms with E-state index in [0.29, 0.717) is 23.9 Å². The predicted octanol–water partition coefficient (Wildman–Crippen LogP) is 4.61. The van der Waals surface area contributed by atoms with Gasteiger partial charge in [-0.25, -0.2) is 13.4 Å². The minimum Gasteiger partial charge on any atom is -0.302 e. The fraction of sp³-hybridized carbons (Fsp3) is 0.444. The number of amides is 1. The molecule has 10 heteroatoms. The van der Waals surface area contributed by atoms with Crippen molar-refractivity contribution in [3.63, 3.8) is 0 Å². The summed E-state index contributed by atoms with van der Waals surface area (Å²) in [4.78, 5) is 16.9. The summed E-state index contributed by atoms with van der Waals surface area (Å²) in [7, 11) is -3.81. The summed E-state index contributed by atoms with van der Waals surface area (Å²) in [6.45, 7) is 4.55. The van der Waals surface area contributed by atoms with Crippen molar-refractivity contribution in [2.24, 2.45) is 5.92 Å². The molecule has 0 bridgehead atoms. The molecule has 0 atom stereocenters. The number of nitrogens with zero attached hydrogens (tertiary/aromatic N) is 2. The van der Waals surface area contributed by atoms with Gasteiger partial charge in [-0.15, -0.1) is 11.3 Å². The van der Waals surface area contributed by atoms with E-state index in [2.05, 4.69) is 10.3 Å². The molecule has 0 aliphatic carbocycles. The smallest absolute Gasteiger partial charge is 0.246 e. The van der Waals surface area contributed by atoms with Crippen molar-refractivity contribution in [2.75, 3.05) is 18.4 Å². The Hall–Kier alpha value is -1.19. The molecule has 1 aromatic carbocycles. The van der Waals surface area contributed by atoms with Crippen LogP contribution >= 0.6 is 34.5 Å². The zero-order chi connectivity index (χ0) is 20.5. The molecule has 1 saturated heterocycles. The number of hydrogen-bond donors (Lipinski definition) is 1. The highest BCUT2D eigenvalue weighted by molar-refractivity contribution is 7.89. The fourth-order valence-electron chi connectivity index (χ4n) is 3.03. The van der Waals surface area contributed by atoms with E-state index in [9.17, 15) is 13.2 Å². The zero-order valence-corrected chi connectivity index (χ0v) is 18.6. The van der Waals surface area contributed by atoms with Crippen molar-refractivity contribution in [1.29, 1.82) is 0 Å². The maximum atomic E-state index is 12.9. The minimum absolute atomic E-state index is 0.0785. The van der Waals surface area contributed by atoms with E-state index in [1.807, 2.05) is 19.2 Å². The van der Waals surface area contributed by atoms with Crippen LogP contribution in [0.25, 0.3) is 0 Å². The van der Waals surface area contributed by atoms with Gasteiger partial charge in [-0.05, 0) is 30.9 Å². The Morgan fingerprint density at radius 3 is 2.39 bits per heavy atom. The third-order valence-electron chi connectivity index (χ3n) is 4.69.